The molecule has 0 amide bonds. The van der Waals surface area contributed by atoms with Crippen LogP contribution in [0.15, 0.2) is 47.3 Å². The number of rotatable bonds is 5. The van der Waals surface area contributed by atoms with Gasteiger partial charge in [-0.2, -0.15) is 5.10 Å². The number of benzene rings is 1. The smallest absolute Gasteiger partial charge is 0.226 e. The number of nitrogens with zero attached hydrogens (tertiary/aromatic N) is 4. The van der Waals surface area contributed by atoms with Crippen molar-refractivity contribution < 1.29 is 8.81 Å². The maximum absolute atomic E-state index is 13.4. The first-order chi connectivity index (χ1) is 12.2. The van der Waals surface area contributed by atoms with E-state index in [-0.39, 0.29) is 5.82 Å². The molecule has 1 aliphatic rings. The zero-order chi connectivity index (χ0) is 17.2. The minimum Gasteiger partial charge on any atom is -0.444 e. The van der Waals surface area contributed by atoms with E-state index < -0.39 is 0 Å². The summed E-state index contributed by atoms with van der Waals surface area (Å²) in [5, 5.41) is 4.39. The zero-order valence-corrected chi connectivity index (χ0v) is 14.2. The summed E-state index contributed by atoms with van der Waals surface area (Å²) in [6.45, 7) is 4.73. The fourth-order valence-electron chi connectivity index (χ4n) is 3.43. The summed E-state index contributed by atoms with van der Waals surface area (Å²) in [6, 6.07) is 6.77. The molecule has 25 heavy (non-hydrogen) atoms. The van der Waals surface area contributed by atoms with Gasteiger partial charge in [-0.15, -0.1) is 0 Å². The fourth-order valence-corrected chi connectivity index (χ4v) is 3.43. The van der Waals surface area contributed by atoms with Gasteiger partial charge in [0.1, 0.15) is 12.1 Å². The zero-order valence-electron chi connectivity index (χ0n) is 14.2. The molecule has 2 aromatic heterocycles. The van der Waals surface area contributed by atoms with E-state index >= 15 is 0 Å². The third kappa shape index (κ3) is 3.64. The quantitative estimate of drug-likeness (QED) is 0.711. The van der Waals surface area contributed by atoms with Crippen molar-refractivity contribution in [2.45, 2.75) is 38.9 Å². The van der Waals surface area contributed by atoms with Crippen molar-refractivity contribution in [3.05, 3.63) is 60.0 Å². The predicted molar refractivity (Wildman–Crippen MR) is 92.3 cm³/mol. The predicted octanol–water partition coefficient (Wildman–Crippen LogP) is 3.65. The van der Waals surface area contributed by atoms with E-state index in [1.165, 1.54) is 24.1 Å². The van der Waals surface area contributed by atoms with Crippen LogP contribution in [0.25, 0.3) is 11.5 Å². The lowest BCUT2D eigenvalue weighted by Crippen LogP contribution is -2.32. The van der Waals surface area contributed by atoms with Crippen molar-refractivity contribution in [3.63, 3.8) is 0 Å². The van der Waals surface area contributed by atoms with Crippen LogP contribution in [0.1, 0.15) is 24.1 Å². The average molecular weight is 340 g/mol. The Balaban J connectivity index is 1.44. The molecule has 1 aliphatic heterocycles. The van der Waals surface area contributed by atoms with Gasteiger partial charge < -0.3 is 4.42 Å². The van der Waals surface area contributed by atoms with Gasteiger partial charge in [-0.25, -0.2) is 9.37 Å². The molecule has 0 bridgehead atoms. The normalized spacial score (nSPS) is 18.1. The van der Waals surface area contributed by atoms with Gasteiger partial charge in [-0.1, -0.05) is 6.07 Å². The minimum absolute atomic E-state index is 0.286. The third-order valence-electron chi connectivity index (χ3n) is 4.65. The SMILES string of the molecule is Cc1cnn(C[C@H]2CCCN2Cc2coc(-c3cccc(F)c3)n2)c1. The molecule has 1 atom stereocenters. The van der Waals surface area contributed by atoms with Crippen LogP contribution in [-0.2, 0) is 13.1 Å². The first kappa shape index (κ1) is 16.0. The van der Waals surface area contributed by atoms with Crippen LogP contribution < -0.4 is 0 Å². The summed E-state index contributed by atoms with van der Waals surface area (Å²) in [7, 11) is 0. The van der Waals surface area contributed by atoms with Gasteiger partial charge in [0.05, 0.1) is 18.4 Å². The Hall–Kier alpha value is -2.47. The molecule has 0 aliphatic carbocycles. The second-order valence-electron chi connectivity index (χ2n) is 6.66. The van der Waals surface area contributed by atoms with E-state index in [0.29, 0.717) is 17.5 Å². The highest BCUT2D eigenvalue weighted by molar-refractivity contribution is 5.52. The molecule has 6 heteroatoms. The van der Waals surface area contributed by atoms with E-state index in [0.717, 1.165) is 31.7 Å². The van der Waals surface area contributed by atoms with Crippen LogP contribution in [0.2, 0.25) is 0 Å². The lowest BCUT2D eigenvalue weighted by Gasteiger charge is -2.23. The molecule has 3 heterocycles. The fraction of sp³-hybridized carbons (Fsp3) is 0.368. The van der Waals surface area contributed by atoms with Crippen LogP contribution in [0, 0.1) is 12.7 Å². The Morgan fingerprint density at radius 2 is 2.28 bits per heavy atom. The first-order valence-electron chi connectivity index (χ1n) is 8.61. The Morgan fingerprint density at radius 1 is 1.36 bits per heavy atom. The number of aromatic nitrogens is 3. The van der Waals surface area contributed by atoms with E-state index in [9.17, 15) is 4.39 Å². The van der Waals surface area contributed by atoms with E-state index in [4.69, 9.17) is 4.42 Å². The minimum atomic E-state index is -0.286. The molecular formula is C19H21FN4O. The summed E-state index contributed by atoms with van der Waals surface area (Å²) in [4.78, 5) is 6.95. The Labute approximate surface area is 146 Å². The Kier molecular flexibility index (Phi) is 4.36. The van der Waals surface area contributed by atoms with Gasteiger partial charge >= 0.3 is 0 Å². The highest BCUT2D eigenvalue weighted by atomic mass is 19.1. The number of hydrogen-bond donors (Lipinski definition) is 0. The highest BCUT2D eigenvalue weighted by Crippen LogP contribution is 2.24. The molecule has 1 aromatic carbocycles. The van der Waals surface area contributed by atoms with Crippen LogP contribution in [0.5, 0.6) is 0 Å². The van der Waals surface area contributed by atoms with Crippen molar-refractivity contribution >= 4 is 0 Å². The molecule has 3 aromatic rings. The molecule has 0 unspecified atom stereocenters. The Bertz CT molecular complexity index is 856. The van der Waals surface area contributed by atoms with Crippen LogP contribution in [0.3, 0.4) is 0 Å². The molecular weight excluding hydrogens is 319 g/mol. The molecule has 5 nitrogen and oxygen atoms in total. The third-order valence-corrected chi connectivity index (χ3v) is 4.65. The van der Waals surface area contributed by atoms with Crippen LogP contribution in [-0.4, -0.2) is 32.3 Å². The second kappa shape index (κ2) is 6.80. The maximum atomic E-state index is 13.4. The molecule has 0 spiro atoms. The van der Waals surface area contributed by atoms with Crippen LogP contribution >= 0.6 is 0 Å². The number of hydrogen-bond acceptors (Lipinski definition) is 4. The van der Waals surface area contributed by atoms with E-state index in [1.807, 2.05) is 10.9 Å². The summed E-state index contributed by atoms with van der Waals surface area (Å²) in [5.41, 5.74) is 2.72. The van der Waals surface area contributed by atoms with E-state index in [2.05, 4.69) is 28.1 Å². The largest absolute Gasteiger partial charge is 0.444 e. The molecule has 0 radical (unpaired) electrons. The van der Waals surface area contributed by atoms with Crippen molar-refractivity contribution in [1.29, 1.82) is 0 Å². The van der Waals surface area contributed by atoms with Crippen LogP contribution in [0.4, 0.5) is 4.39 Å². The van der Waals surface area contributed by atoms with Gasteiger partial charge in [0.15, 0.2) is 0 Å². The Morgan fingerprint density at radius 3 is 3.08 bits per heavy atom. The average Bonchev–Trinajstić information content (AvgIpc) is 3.31. The molecule has 4 rings (SSSR count). The molecule has 0 N–H and O–H groups in total. The van der Waals surface area contributed by atoms with E-state index in [1.54, 1.807) is 18.4 Å². The summed E-state index contributed by atoms with van der Waals surface area (Å²) >= 11 is 0. The van der Waals surface area contributed by atoms with Crippen molar-refractivity contribution in [1.82, 2.24) is 19.7 Å². The summed E-state index contributed by atoms with van der Waals surface area (Å²) in [6.07, 6.45) is 7.98. The molecule has 1 fully saturated rings. The van der Waals surface area contributed by atoms with Gasteiger partial charge in [0, 0.05) is 24.3 Å². The lowest BCUT2D eigenvalue weighted by molar-refractivity contribution is 0.216. The monoisotopic (exact) mass is 340 g/mol. The van der Waals surface area contributed by atoms with Gasteiger partial charge in [-0.05, 0) is 50.1 Å². The van der Waals surface area contributed by atoms with Gasteiger partial charge in [0.2, 0.25) is 5.89 Å². The van der Waals surface area contributed by atoms with Crippen molar-refractivity contribution in [2.75, 3.05) is 6.54 Å². The first-order valence-corrected chi connectivity index (χ1v) is 8.61. The number of aryl methyl sites for hydroxylation is 1. The molecule has 130 valence electrons. The second-order valence-corrected chi connectivity index (χ2v) is 6.66. The maximum Gasteiger partial charge on any atom is 0.226 e. The number of likely N-dealkylation sites (tertiary alicyclic amines) is 1. The number of halogens is 1. The van der Waals surface area contributed by atoms with Crippen molar-refractivity contribution in [2.24, 2.45) is 0 Å². The summed E-state index contributed by atoms with van der Waals surface area (Å²) < 4.78 is 20.9. The molecule has 1 saturated heterocycles. The van der Waals surface area contributed by atoms with Gasteiger partial charge in [-0.3, -0.25) is 9.58 Å². The summed E-state index contributed by atoms with van der Waals surface area (Å²) in [5.74, 6) is 0.180. The van der Waals surface area contributed by atoms with Crippen molar-refractivity contribution in [3.8, 4) is 11.5 Å². The molecule has 0 saturated carbocycles. The standard InChI is InChI=1S/C19H21FN4O/c1-14-9-21-24(10-14)12-18-6-3-7-23(18)11-17-13-25-19(22-17)15-4-2-5-16(20)8-15/h2,4-5,8-10,13,18H,3,6-7,11-12H2,1H3/t18-/m1/s1. The highest BCUT2D eigenvalue weighted by Gasteiger charge is 2.26. The number of oxazole rings is 1. The van der Waals surface area contributed by atoms with Gasteiger partial charge in [0.25, 0.3) is 0 Å². The lowest BCUT2D eigenvalue weighted by atomic mass is 10.2. The topological polar surface area (TPSA) is 47.1 Å².